The number of ether oxygens (including phenoxy) is 2. The number of aromatic nitrogens is 2. The van der Waals surface area contributed by atoms with Crippen LogP contribution in [0.4, 0.5) is 0 Å². The lowest BCUT2D eigenvalue weighted by Crippen LogP contribution is -2.56. The maximum atomic E-state index is 14.6. The van der Waals surface area contributed by atoms with E-state index in [1.165, 1.54) is 25.1 Å². The van der Waals surface area contributed by atoms with Crippen molar-refractivity contribution >= 4 is 29.5 Å². The second kappa shape index (κ2) is 22.1. The van der Waals surface area contributed by atoms with Gasteiger partial charge in [0.05, 0.1) is 17.3 Å². The van der Waals surface area contributed by atoms with Gasteiger partial charge >= 0.3 is 0 Å². The first-order valence-electron chi connectivity index (χ1n) is 21.4. The van der Waals surface area contributed by atoms with E-state index in [0.717, 1.165) is 11.1 Å². The van der Waals surface area contributed by atoms with Crippen LogP contribution < -0.4 is 47.9 Å². The molecule has 344 valence electrons. The molecule has 65 heavy (non-hydrogen) atoms. The van der Waals surface area contributed by atoms with Crippen molar-refractivity contribution in [3.05, 3.63) is 94.8 Å². The third kappa shape index (κ3) is 12.2. The van der Waals surface area contributed by atoms with Gasteiger partial charge in [-0.3, -0.25) is 24.0 Å². The molecule has 0 saturated heterocycles. The molecule has 1 aliphatic rings. The molecule has 0 saturated carbocycles. The Kier molecular flexibility index (Phi) is 16.7. The van der Waals surface area contributed by atoms with Crippen LogP contribution in [0.2, 0.25) is 0 Å². The van der Waals surface area contributed by atoms with Gasteiger partial charge in [-0.2, -0.15) is 5.26 Å². The third-order valence-electron chi connectivity index (χ3n) is 10.8. The number of fused-ring (bicyclic) bond motifs is 5. The Bertz CT molecular complexity index is 2410. The maximum Gasteiger partial charge on any atom is 0.255 e. The van der Waals surface area contributed by atoms with Crippen molar-refractivity contribution in [1.29, 1.82) is 5.26 Å². The number of nitrogens with two attached hydrogens (primary N) is 3. The van der Waals surface area contributed by atoms with Gasteiger partial charge in [0.25, 0.3) is 5.91 Å². The highest BCUT2D eigenvalue weighted by molar-refractivity contribution is 6.00. The minimum atomic E-state index is -1.40. The summed E-state index contributed by atoms with van der Waals surface area (Å²) < 4.78 is 12.2. The monoisotopic (exact) mass is 889 g/mol. The Morgan fingerprint density at radius 3 is 2.17 bits per heavy atom. The summed E-state index contributed by atoms with van der Waals surface area (Å²) in [5.41, 5.74) is 21.9. The molecule has 4 atom stereocenters. The van der Waals surface area contributed by atoms with Gasteiger partial charge in [-0.15, -0.1) is 0 Å². The molecule has 0 aliphatic carbocycles. The molecule has 0 spiro atoms. The molecular weight excluding hydrogens is 831 g/mol. The second-order valence-electron chi connectivity index (χ2n) is 16.7. The summed E-state index contributed by atoms with van der Waals surface area (Å²) >= 11 is 0. The minimum Gasteiger partial charge on any atom is -0.492 e. The van der Waals surface area contributed by atoms with E-state index >= 15 is 0 Å². The molecule has 18 heteroatoms. The van der Waals surface area contributed by atoms with Crippen molar-refractivity contribution in [1.82, 2.24) is 36.1 Å². The van der Waals surface area contributed by atoms with Crippen molar-refractivity contribution in [3.63, 3.8) is 0 Å². The van der Waals surface area contributed by atoms with Crippen LogP contribution >= 0.6 is 0 Å². The van der Waals surface area contributed by atoms with Crippen LogP contribution in [0.3, 0.4) is 0 Å². The number of nitrogens with one attached hydrogen (secondary N) is 4. The van der Waals surface area contributed by atoms with Crippen LogP contribution in [-0.2, 0) is 31.0 Å². The van der Waals surface area contributed by atoms with E-state index in [4.69, 9.17) is 31.9 Å². The lowest BCUT2D eigenvalue weighted by molar-refractivity contribution is -0.141. The molecule has 4 unspecified atom stereocenters. The summed E-state index contributed by atoms with van der Waals surface area (Å²) in [7, 11) is 1.41. The van der Waals surface area contributed by atoms with Crippen LogP contribution in [0.15, 0.2) is 66.9 Å². The van der Waals surface area contributed by atoms with E-state index in [-0.39, 0.29) is 63.2 Å². The zero-order valence-electron chi connectivity index (χ0n) is 37.7. The van der Waals surface area contributed by atoms with Crippen LogP contribution in [0.5, 0.6) is 11.5 Å². The van der Waals surface area contributed by atoms with E-state index in [1.807, 2.05) is 30.3 Å². The highest BCUT2D eigenvalue weighted by atomic mass is 16.5. The average molecular weight is 890 g/mol. The number of nitriles is 1. The highest BCUT2D eigenvalue weighted by Gasteiger charge is 2.36. The zero-order chi connectivity index (χ0) is 47.4. The van der Waals surface area contributed by atoms with Gasteiger partial charge < -0.3 is 52.8 Å². The number of hydrogen-bond donors (Lipinski definition) is 7. The van der Waals surface area contributed by atoms with Gasteiger partial charge in [0.15, 0.2) is 5.82 Å². The Balaban J connectivity index is 1.55. The molecule has 5 amide bonds. The summed E-state index contributed by atoms with van der Waals surface area (Å²) in [6.07, 6.45) is 1.41. The molecule has 1 aromatic heterocycles. The van der Waals surface area contributed by atoms with Crippen molar-refractivity contribution < 1.29 is 33.4 Å². The predicted molar refractivity (Wildman–Crippen MR) is 244 cm³/mol. The van der Waals surface area contributed by atoms with Crippen molar-refractivity contribution in [3.8, 4) is 40.1 Å². The lowest BCUT2D eigenvalue weighted by Gasteiger charge is -2.32. The molecule has 5 rings (SSSR count). The maximum absolute atomic E-state index is 14.6. The van der Waals surface area contributed by atoms with E-state index in [9.17, 15) is 24.0 Å². The smallest absolute Gasteiger partial charge is 0.255 e. The molecule has 18 nitrogen and oxygen atoms in total. The lowest BCUT2D eigenvalue weighted by atomic mass is 9.87. The number of benzene rings is 3. The fraction of sp³-hybridized carbons (Fsp3) is 0.404. The Morgan fingerprint density at radius 2 is 1.57 bits per heavy atom. The minimum absolute atomic E-state index is 0.0000681. The number of likely N-dealkylation sites (N-methyl/N-ethyl adjacent to an activating group) is 1. The summed E-state index contributed by atoms with van der Waals surface area (Å²) in [4.78, 5) is 80.4. The zero-order valence-corrected chi connectivity index (χ0v) is 37.7. The Labute approximate surface area is 379 Å². The summed E-state index contributed by atoms with van der Waals surface area (Å²) in [5.74, 6) is -2.17. The van der Waals surface area contributed by atoms with E-state index < -0.39 is 53.7 Å². The fourth-order valence-electron chi connectivity index (χ4n) is 7.31. The molecule has 0 radical (unpaired) electrons. The topological polar surface area (TPSA) is 283 Å². The normalized spacial score (nSPS) is 16.7. The summed E-state index contributed by atoms with van der Waals surface area (Å²) in [6, 6.07) is 14.9. The van der Waals surface area contributed by atoms with Crippen LogP contribution in [0, 0.1) is 18.3 Å². The molecule has 2 heterocycles. The van der Waals surface area contributed by atoms with E-state index in [0.29, 0.717) is 45.3 Å². The highest BCUT2D eigenvalue weighted by Crippen LogP contribution is 2.40. The van der Waals surface area contributed by atoms with Gasteiger partial charge in [-0.05, 0) is 73.2 Å². The predicted octanol–water partition coefficient (Wildman–Crippen LogP) is 1.92. The van der Waals surface area contributed by atoms with Crippen LogP contribution in [0.25, 0.3) is 22.5 Å². The number of hydrogen-bond acceptors (Lipinski definition) is 13. The van der Waals surface area contributed by atoms with Gasteiger partial charge in [-0.1, -0.05) is 57.2 Å². The molecule has 4 bridgehead atoms. The van der Waals surface area contributed by atoms with Crippen molar-refractivity contribution in [2.24, 2.45) is 17.2 Å². The SMILES string of the molecule is Cc1nc(-c2ccc(C(C)(C)C)cc2)ncc1C(=O)NC(CCN)C(=O)N(C)C1C(=O)NC(C)C(=O)NC(C(=O)NCC#N)Cc2ccc(OCCN)c(c2)-c2cc1ccc2OCCN. The molecule has 0 fully saturated rings. The number of carbonyl (C=O) groups excluding carboxylic acids is 5. The number of carbonyl (C=O) groups is 5. The standard InChI is InChI=1S/C47H59N11O7/c1-27-35(26-53-41(54-27)30-8-11-32(12-9-30)47(3,4)5)43(60)56-36(15-16-48)46(63)58(6)40-31-10-14-39(65-22-19-51)34(25-31)33-23-29(7-13-38(33)64-21-18-50)24-37(44(61)52-20-17-49)57-42(59)28(2)55-45(40)62/h7-14,23,25-26,28,36-37,40H,15-16,18-22,24,48,50-51H2,1-6H3,(H,52,61)(H,55,62)(H,56,60)(H,57,59). The van der Waals surface area contributed by atoms with Gasteiger partial charge in [0.1, 0.15) is 55.4 Å². The molecular formula is C47H59N11O7. The fourth-order valence-corrected chi connectivity index (χ4v) is 7.31. The molecule has 1 aliphatic heterocycles. The van der Waals surface area contributed by atoms with Gasteiger partial charge in [0, 0.05) is 49.4 Å². The molecule has 10 N–H and O–H groups in total. The molecule has 3 aromatic carbocycles. The van der Waals surface area contributed by atoms with Crippen molar-refractivity contribution in [2.45, 2.75) is 77.0 Å². The first kappa shape index (κ1) is 49.1. The average Bonchev–Trinajstić information content (AvgIpc) is 3.28. The van der Waals surface area contributed by atoms with Crippen LogP contribution in [0.1, 0.15) is 72.9 Å². The number of aryl methyl sites for hydroxylation is 1. The largest absolute Gasteiger partial charge is 0.492 e. The molecule has 4 aromatic rings. The number of amides is 5. The first-order chi connectivity index (χ1) is 31.0. The quantitative estimate of drug-likeness (QED) is 0.0842. The Morgan fingerprint density at radius 1 is 0.923 bits per heavy atom. The van der Waals surface area contributed by atoms with Gasteiger partial charge in [0.2, 0.25) is 23.6 Å². The third-order valence-corrected chi connectivity index (χ3v) is 10.8. The summed E-state index contributed by atoms with van der Waals surface area (Å²) in [6.45, 7) is 9.85. The second-order valence-corrected chi connectivity index (χ2v) is 16.7. The van der Waals surface area contributed by atoms with Gasteiger partial charge in [-0.25, -0.2) is 9.97 Å². The number of rotatable bonds is 15. The number of nitrogens with zero attached hydrogens (tertiary/aromatic N) is 4. The summed E-state index contributed by atoms with van der Waals surface area (Å²) in [5, 5.41) is 19.9. The van der Waals surface area contributed by atoms with Crippen molar-refractivity contribution in [2.75, 3.05) is 46.4 Å². The van der Waals surface area contributed by atoms with E-state index in [1.54, 1.807) is 43.3 Å². The van der Waals surface area contributed by atoms with Crippen LogP contribution in [-0.4, -0.2) is 109 Å². The first-order valence-corrected chi connectivity index (χ1v) is 21.4. The Hall–Kier alpha value is -6.94. The van der Waals surface area contributed by atoms with E-state index in [2.05, 4.69) is 52.0 Å².